The highest BCUT2D eigenvalue weighted by Crippen LogP contribution is 2.35. The standard InChI is InChI=1S/C22H27N5O5S/c1-15(2)23-22(29)25(9-10-32-3)14-21(28)26-19(13-18(24-26)20-8-5-11-33-20)16-6-4-7-17(12-16)27(30)31/h4-8,11-12,15,19H,9-10,13-14H2,1-3H3,(H,23,29). The molecule has 1 aliphatic heterocycles. The van der Waals surface area contributed by atoms with Crippen molar-refractivity contribution in [1.29, 1.82) is 0 Å². The van der Waals surface area contributed by atoms with Crippen LogP contribution in [0.2, 0.25) is 0 Å². The zero-order valence-corrected chi connectivity index (χ0v) is 19.6. The first-order valence-electron chi connectivity index (χ1n) is 10.5. The molecule has 1 unspecified atom stereocenters. The summed E-state index contributed by atoms with van der Waals surface area (Å²) < 4.78 is 5.09. The van der Waals surface area contributed by atoms with Gasteiger partial charge in [0.25, 0.3) is 11.6 Å². The van der Waals surface area contributed by atoms with Crippen LogP contribution < -0.4 is 5.32 Å². The maximum absolute atomic E-state index is 13.4. The molecule has 0 aliphatic carbocycles. The Kier molecular flexibility index (Phi) is 8.12. The molecule has 1 N–H and O–H groups in total. The lowest BCUT2D eigenvalue weighted by Gasteiger charge is -2.27. The number of non-ortho nitro benzene ring substituents is 1. The number of rotatable bonds is 9. The summed E-state index contributed by atoms with van der Waals surface area (Å²) in [4.78, 5) is 39.1. The van der Waals surface area contributed by atoms with Crippen LogP contribution in [0.15, 0.2) is 46.9 Å². The molecule has 1 atom stereocenters. The summed E-state index contributed by atoms with van der Waals surface area (Å²) in [5.41, 5.74) is 1.29. The number of carbonyl (C=O) groups excluding carboxylic acids is 2. The highest BCUT2D eigenvalue weighted by Gasteiger charge is 2.35. The quantitative estimate of drug-likeness (QED) is 0.442. The number of hydrogen-bond donors (Lipinski definition) is 1. The predicted octanol–water partition coefficient (Wildman–Crippen LogP) is 3.40. The highest BCUT2D eigenvalue weighted by atomic mass is 32.1. The van der Waals surface area contributed by atoms with Gasteiger partial charge < -0.3 is 15.0 Å². The molecule has 33 heavy (non-hydrogen) atoms. The number of carbonyl (C=O) groups is 2. The van der Waals surface area contributed by atoms with Crippen LogP contribution in [0.4, 0.5) is 10.5 Å². The minimum absolute atomic E-state index is 0.0532. The van der Waals surface area contributed by atoms with Gasteiger partial charge in [-0.05, 0) is 30.9 Å². The first-order valence-corrected chi connectivity index (χ1v) is 11.4. The molecule has 3 amide bonds. The number of amides is 3. The van der Waals surface area contributed by atoms with Crippen molar-refractivity contribution in [3.05, 3.63) is 62.3 Å². The van der Waals surface area contributed by atoms with Crippen molar-refractivity contribution < 1.29 is 19.2 Å². The number of urea groups is 1. The zero-order valence-electron chi connectivity index (χ0n) is 18.8. The van der Waals surface area contributed by atoms with Crippen LogP contribution in [0, 0.1) is 10.1 Å². The fraction of sp³-hybridized carbons (Fsp3) is 0.409. The number of hydrogen-bond acceptors (Lipinski definition) is 7. The predicted molar refractivity (Wildman–Crippen MR) is 125 cm³/mol. The van der Waals surface area contributed by atoms with Crippen molar-refractivity contribution in [2.24, 2.45) is 5.10 Å². The van der Waals surface area contributed by atoms with Crippen LogP contribution >= 0.6 is 11.3 Å². The van der Waals surface area contributed by atoms with E-state index in [1.807, 2.05) is 31.4 Å². The summed E-state index contributed by atoms with van der Waals surface area (Å²) in [5, 5.41) is 21.9. The van der Waals surface area contributed by atoms with Gasteiger partial charge in [-0.25, -0.2) is 9.80 Å². The van der Waals surface area contributed by atoms with Crippen molar-refractivity contribution in [3.8, 4) is 0 Å². The van der Waals surface area contributed by atoms with Gasteiger partial charge >= 0.3 is 6.03 Å². The van der Waals surface area contributed by atoms with E-state index in [2.05, 4.69) is 10.4 Å². The van der Waals surface area contributed by atoms with E-state index < -0.39 is 11.0 Å². The second kappa shape index (κ2) is 11.0. The SMILES string of the molecule is COCCN(CC(=O)N1N=C(c2cccs2)CC1c1cccc([N+](=O)[O-])c1)C(=O)NC(C)C. The molecule has 0 spiro atoms. The number of benzene rings is 1. The minimum Gasteiger partial charge on any atom is -0.383 e. The maximum Gasteiger partial charge on any atom is 0.318 e. The molecular formula is C22H27N5O5S. The molecule has 1 aromatic carbocycles. The lowest BCUT2D eigenvalue weighted by atomic mass is 10.0. The molecule has 1 aliphatic rings. The summed E-state index contributed by atoms with van der Waals surface area (Å²) in [5.74, 6) is -0.381. The van der Waals surface area contributed by atoms with E-state index in [-0.39, 0.29) is 43.4 Å². The first-order chi connectivity index (χ1) is 15.8. The Morgan fingerprint density at radius 3 is 2.79 bits per heavy atom. The van der Waals surface area contributed by atoms with Crippen LogP contribution in [0.1, 0.15) is 36.8 Å². The molecule has 176 valence electrons. The van der Waals surface area contributed by atoms with Gasteiger partial charge in [-0.1, -0.05) is 18.2 Å². The molecule has 0 radical (unpaired) electrons. The van der Waals surface area contributed by atoms with E-state index in [1.54, 1.807) is 12.1 Å². The topological polar surface area (TPSA) is 117 Å². The fourth-order valence-electron chi connectivity index (χ4n) is 3.46. The second-order valence-electron chi connectivity index (χ2n) is 7.85. The van der Waals surface area contributed by atoms with E-state index >= 15 is 0 Å². The number of nitrogens with zero attached hydrogens (tertiary/aromatic N) is 4. The van der Waals surface area contributed by atoms with Crippen molar-refractivity contribution >= 4 is 34.7 Å². The monoisotopic (exact) mass is 473 g/mol. The van der Waals surface area contributed by atoms with Crippen molar-refractivity contribution in [3.63, 3.8) is 0 Å². The van der Waals surface area contributed by atoms with Gasteiger partial charge in [0.1, 0.15) is 6.54 Å². The normalized spacial score (nSPS) is 15.5. The van der Waals surface area contributed by atoms with Gasteiger partial charge in [-0.2, -0.15) is 5.10 Å². The fourth-order valence-corrected chi connectivity index (χ4v) is 4.19. The van der Waals surface area contributed by atoms with Crippen LogP contribution in [-0.4, -0.2) is 65.3 Å². The van der Waals surface area contributed by atoms with Crippen LogP contribution in [-0.2, 0) is 9.53 Å². The summed E-state index contributed by atoms with van der Waals surface area (Å²) in [6, 6.07) is 9.07. The van der Waals surface area contributed by atoms with Gasteiger partial charge in [-0.3, -0.25) is 14.9 Å². The molecule has 2 heterocycles. The summed E-state index contributed by atoms with van der Waals surface area (Å²) in [6.45, 7) is 3.98. The van der Waals surface area contributed by atoms with Gasteiger partial charge in [0.05, 0.1) is 28.2 Å². The average molecular weight is 474 g/mol. The Morgan fingerprint density at radius 2 is 2.15 bits per heavy atom. The third kappa shape index (κ3) is 6.14. The number of nitro benzene ring substituents is 1. The summed E-state index contributed by atoms with van der Waals surface area (Å²) in [7, 11) is 1.52. The summed E-state index contributed by atoms with van der Waals surface area (Å²) in [6.07, 6.45) is 0.420. The summed E-state index contributed by atoms with van der Waals surface area (Å²) >= 11 is 1.51. The molecule has 0 saturated carbocycles. The number of hydrazone groups is 1. The molecule has 0 saturated heterocycles. The van der Waals surface area contributed by atoms with E-state index in [0.717, 1.165) is 10.6 Å². The molecule has 11 heteroatoms. The van der Waals surface area contributed by atoms with Gasteiger partial charge in [0.15, 0.2) is 0 Å². The Hall–Kier alpha value is -3.31. The molecule has 2 aromatic rings. The number of nitro groups is 1. The molecule has 0 bridgehead atoms. The third-order valence-corrected chi connectivity index (χ3v) is 5.95. The van der Waals surface area contributed by atoms with E-state index in [4.69, 9.17) is 4.74 Å². The largest absolute Gasteiger partial charge is 0.383 e. The van der Waals surface area contributed by atoms with Gasteiger partial charge in [-0.15, -0.1) is 11.3 Å². The molecular weight excluding hydrogens is 446 g/mol. The molecule has 3 rings (SSSR count). The Balaban J connectivity index is 1.89. The van der Waals surface area contributed by atoms with E-state index in [9.17, 15) is 19.7 Å². The molecule has 10 nitrogen and oxygen atoms in total. The van der Waals surface area contributed by atoms with Gasteiger partial charge in [0, 0.05) is 38.2 Å². The Labute approximate surface area is 196 Å². The average Bonchev–Trinajstić information content (AvgIpc) is 3.46. The van der Waals surface area contributed by atoms with Crippen LogP contribution in [0.5, 0.6) is 0 Å². The number of ether oxygens (including phenoxy) is 1. The Bertz CT molecular complexity index is 1020. The second-order valence-corrected chi connectivity index (χ2v) is 8.80. The van der Waals surface area contributed by atoms with Gasteiger partial charge in [0.2, 0.25) is 0 Å². The minimum atomic E-state index is -0.507. The van der Waals surface area contributed by atoms with Crippen molar-refractivity contribution in [2.75, 3.05) is 26.8 Å². The third-order valence-electron chi connectivity index (χ3n) is 5.03. The smallest absolute Gasteiger partial charge is 0.318 e. The first kappa shape index (κ1) is 24.3. The zero-order chi connectivity index (χ0) is 24.0. The lowest BCUT2D eigenvalue weighted by molar-refractivity contribution is -0.384. The van der Waals surface area contributed by atoms with E-state index in [0.29, 0.717) is 12.0 Å². The molecule has 1 aromatic heterocycles. The number of nitrogens with one attached hydrogen (secondary N) is 1. The number of methoxy groups -OCH3 is 1. The van der Waals surface area contributed by atoms with Crippen molar-refractivity contribution in [1.82, 2.24) is 15.2 Å². The number of thiophene rings is 1. The van der Waals surface area contributed by atoms with Crippen LogP contribution in [0.25, 0.3) is 0 Å². The van der Waals surface area contributed by atoms with Crippen LogP contribution in [0.3, 0.4) is 0 Å². The van der Waals surface area contributed by atoms with E-state index in [1.165, 1.54) is 40.5 Å². The maximum atomic E-state index is 13.4. The van der Waals surface area contributed by atoms with Crippen molar-refractivity contribution in [2.45, 2.75) is 32.4 Å². The highest BCUT2D eigenvalue weighted by molar-refractivity contribution is 7.12. The molecule has 0 fully saturated rings. The Morgan fingerprint density at radius 1 is 1.36 bits per heavy atom. The lowest BCUT2D eigenvalue weighted by Crippen LogP contribution is -2.48.